The Hall–Kier alpha value is -0.530. The van der Waals surface area contributed by atoms with Crippen LogP contribution in [0.2, 0.25) is 0 Å². The number of alkyl halides is 12. The standard InChI is InChI=1S/C13H11F12O3P/c14-10(15,16)6-1-8(12(20,21)22)5(28)7(3(6)26,11(17,18)19)2-9(29-8,4(6)27)13(23,24)25/h3-5,26-29H,1-2H2. The zero-order valence-corrected chi connectivity index (χ0v) is 14.5. The van der Waals surface area contributed by atoms with Crippen LogP contribution >= 0.6 is 8.58 Å². The summed E-state index contributed by atoms with van der Waals surface area (Å²) in [5.41, 5.74) is -9.62. The van der Waals surface area contributed by atoms with Gasteiger partial charge in [-0.25, -0.2) is 0 Å². The molecule has 2 saturated carbocycles. The quantitative estimate of drug-likeness (QED) is 0.373. The number of aliphatic hydroxyl groups excluding tert-OH is 3. The summed E-state index contributed by atoms with van der Waals surface area (Å²) in [5.74, 6) is 0. The zero-order valence-electron chi connectivity index (χ0n) is 13.5. The Labute approximate surface area is 154 Å². The van der Waals surface area contributed by atoms with Crippen LogP contribution in [0.3, 0.4) is 0 Å². The molecule has 4 aliphatic rings. The van der Waals surface area contributed by atoms with E-state index in [1.54, 1.807) is 0 Å². The Morgan fingerprint density at radius 1 is 0.517 bits per heavy atom. The lowest BCUT2D eigenvalue weighted by Crippen LogP contribution is -2.89. The fourth-order valence-corrected chi connectivity index (χ4v) is 7.87. The van der Waals surface area contributed by atoms with E-state index in [1.807, 2.05) is 0 Å². The molecule has 0 spiro atoms. The molecule has 3 nitrogen and oxygen atoms in total. The van der Waals surface area contributed by atoms with Crippen LogP contribution in [-0.2, 0) is 0 Å². The van der Waals surface area contributed by atoms with E-state index in [1.165, 1.54) is 0 Å². The lowest BCUT2D eigenvalue weighted by atomic mass is 9.43. The molecule has 6 atom stereocenters. The smallest absolute Gasteiger partial charge is 0.391 e. The summed E-state index contributed by atoms with van der Waals surface area (Å²) in [6, 6.07) is 0. The minimum atomic E-state index is -6.29. The van der Waals surface area contributed by atoms with Crippen molar-refractivity contribution in [1.82, 2.24) is 0 Å². The van der Waals surface area contributed by atoms with Gasteiger partial charge in [0.05, 0.1) is 18.3 Å². The van der Waals surface area contributed by atoms with Gasteiger partial charge in [-0.1, -0.05) is 8.58 Å². The predicted molar refractivity (Wildman–Crippen MR) is 70.1 cm³/mol. The lowest BCUT2D eigenvalue weighted by Gasteiger charge is -2.74. The number of halogens is 12. The number of aliphatic hydroxyl groups is 3. The minimum absolute atomic E-state index is 2.56. The van der Waals surface area contributed by atoms with Crippen molar-refractivity contribution in [2.45, 2.75) is 66.2 Å². The molecule has 2 heterocycles. The molecule has 3 N–H and O–H groups in total. The first-order chi connectivity index (χ1) is 12.6. The molecular weight excluding hydrogens is 463 g/mol. The van der Waals surface area contributed by atoms with Crippen molar-refractivity contribution in [3.05, 3.63) is 0 Å². The maximum atomic E-state index is 13.8. The van der Waals surface area contributed by atoms with Crippen molar-refractivity contribution in [2.24, 2.45) is 10.8 Å². The molecule has 2 aliphatic carbocycles. The SMILES string of the molecule is OC1C2(C(F)(F)F)CC3(C(F)(F)F)C(O)C(C(F)(F)F)(CC1(C(F)(F)F)C3O)P2. The Morgan fingerprint density at radius 2 is 0.793 bits per heavy atom. The van der Waals surface area contributed by atoms with E-state index < -0.39 is 85.6 Å². The van der Waals surface area contributed by atoms with E-state index in [4.69, 9.17) is 0 Å². The van der Waals surface area contributed by atoms with Gasteiger partial charge in [0, 0.05) is 0 Å². The molecule has 4 rings (SSSR count). The van der Waals surface area contributed by atoms with Gasteiger partial charge in [0.15, 0.2) is 0 Å². The fraction of sp³-hybridized carbons (Fsp3) is 1.00. The third-order valence-corrected chi connectivity index (χ3v) is 8.90. The topological polar surface area (TPSA) is 60.7 Å². The van der Waals surface area contributed by atoms with E-state index in [9.17, 15) is 68.0 Å². The maximum Gasteiger partial charge on any atom is 0.400 e. The molecule has 0 radical (unpaired) electrons. The number of hydrogen-bond donors (Lipinski definition) is 3. The Bertz CT molecular complexity index is 658. The van der Waals surface area contributed by atoms with Gasteiger partial charge in [0.1, 0.15) is 21.1 Å². The van der Waals surface area contributed by atoms with Crippen LogP contribution < -0.4 is 0 Å². The summed E-state index contributed by atoms with van der Waals surface area (Å²) < 4.78 is 165. The normalized spacial score (nSPS) is 49.1. The molecular formula is C13H11F12O3P. The summed E-state index contributed by atoms with van der Waals surface area (Å²) in [7, 11) is -2.78. The number of hydrogen-bond acceptors (Lipinski definition) is 3. The summed E-state index contributed by atoms with van der Waals surface area (Å²) in [4.78, 5) is 0. The third kappa shape index (κ3) is 2.23. The number of rotatable bonds is 0. The van der Waals surface area contributed by atoms with Gasteiger partial charge >= 0.3 is 24.7 Å². The Balaban J connectivity index is 2.51. The van der Waals surface area contributed by atoms with E-state index in [0.29, 0.717) is 0 Å². The van der Waals surface area contributed by atoms with E-state index in [2.05, 4.69) is 0 Å². The van der Waals surface area contributed by atoms with Crippen molar-refractivity contribution in [3.8, 4) is 0 Å². The molecule has 16 heteroatoms. The molecule has 2 aliphatic heterocycles. The zero-order chi connectivity index (χ0) is 22.9. The molecule has 170 valence electrons. The molecule has 0 amide bonds. The molecule has 0 aromatic carbocycles. The first kappa shape index (κ1) is 23.1. The highest BCUT2D eigenvalue weighted by atomic mass is 31.1. The van der Waals surface area contributed by atoms with Crippen molar-refractivity contribution < 1.29 is 68.0 Å². The third-order valence-electron chi connectivity index (χ3n) is 6.54. The largest absolute Gasteiger partial charge is 0.400 e. The molecule has 6 unspecified atom stereocenters. The van der Waals surface area contributed by atoms with Crippen LogP contribution in [0, 0.1) is 10.8 Å². The molecule has 0 aromatic rings. The van der Waals surface area contributed by atoms with Crippen LogP contribution in [0.25, 0.3) is 0 Å². The van der Waals surface area contributed by atoms with E-state index >= 15 is 0 Å². The first-order valence-electron chi connectivity index (χ1n) is 7.69. The highest BCUT2D eigenvalue weighted by Gasteiger charge is 2.96. The Kier molecular flexibility index (Phi) is 4.34. The molecule has 29 heavy (non-hydrogen) atoms. The van der Waals surface area contributed by atoms with Gasteiger partial charge in [-0.3, -0.25) is 0 Å². The molecule has 0 aromatic heterocycles. The highest BCUT2D eigenvalue weighted by Crippen LogP contribution is 2.84. The van der Waals surface area contributed by atoms with E-state index in [0.717, 1.165) is 0 Å². The van der Waals surface area contributed by atoms with Gasteiger partial charge in [-0.05, 0) is 12.8 Å². The molecule has 4 bridgehead atoms. The summed E-state index contributed by atoms with van der Waals surface area (Å²) in [5, 5.41) is 21.1. The summed E-state index contributed by atoms with van der Waals surface area (Å²) in [6.45, 7) is 0. The average Bonchev–Trinajstić information content (AvgIpc) is 2.46. The highest BCUT2D eigenvalue weighted by molar-refractivity contribution is 7.42. The molecule has 2 saturated heterocycles. The summed E-state index contributed by atoms with van der Waals surface area (Å²) >= 11 is 0. The molecule has 4 fully saturated rings. The van der Waals surface area contributed by atoms with Gasteiger partial charge in [-0.2, -0.15) is 52.7 Å². The van der Waals surface area contributed by atoms with Crippen LogP contribution in [-0.4, -0.2) is 68.6 Å². The van der Waals surface area contributed by atoms with Crippen molar-refractivity contribution in [2.75, 3.05) is 0 Å². The lowest BCUT2D eigenvalue weighted by molar-refractivity contribution is -0.432. The second-order valence-electron chi connectivity index (χ2n) is 7.70. The Morgan fingerprint density at radius 3 is 1.00 bits per heavy atom. The van der Waals surface area contributed by atoms with E-state index in [-0.39, 0.29) is 0 Å². The second-order valence-corrected chi connectivity index (χ2v) is 9.74. The van der Waals surface area contributed by atoms with Gasteiger partial charge in [-0.15, -0.1) is 0 Å². The van der Waals surface area contributed by atoms with Gasteiger partial charge in [0.25, 0.3) is 0 Å². The summed E-state index contributed by atoms with van der Waals surface area (Å²) in [6.07, 6.45) is -41.6. The minimum Gasteiger partial charge on any atom is -0.391 e. The van der Waals surface area contributed by atoms with Crippen molar-refractivity contribution in [1.29, 1.82) is 0 Å². The van der Waals surface area contributed by atoms with Gasteiger partial charge in [0.2, 0.25) is 0 Å². The van der Waals surface area contributed by atoms with Crippen molar-refractivity contribution in [3.63, 3.8) is 0 Å². The van der Waals surface area contributed by atoms with Crippen LogP contribution in [0.4, 0.5) is 52.7 Å². The van der Waals surface area contributed by atoms with Crippen LogP contribution in [0.15, 0.2) is 0 Å². The predicted octanol–water partition coefficient (Wildman–Crippen LogP) is 3.27. The van der Waals surface area contributed by atoms with Gasteiger partial charge < -0.3 is 15.3 Å². The van der Waals surface area contributed by atoms with Crippen LogP contribution in [0.5, 0.6) is 0 Å². The maximum absolute atomic E-state index is 13.8. The van der Waals surface area contributed by atoms with Crippen LogP contribution in [0.1, 0.15) is 12.8 Å². The first-order valence-corrected chi connectivity index (χ1v) is 8.69. The second kappa shape index (κ2) is 5.44. The van der Waals surface area contributed by atoms with Crippen molar-refractivity contribution >= 4 is 8.58 Å². The monoisotopic (exact) mass is 474 g/mol. The fourth-order valence-electron chi connectivity index (χ4n) is 5.24. The average molecular weight is 474 g/mol.